The lowest BCUT2D eigenvalue weighted by Gasteiger charge is -2.50. The Balaban J connectivity index is 1.48. The molecule has 3 heterocycles. The molecule has 5 rings (SSSR count). The molecule has 0 bridgehead atoms. The summed E-state index contributed by atoms with van der Waals surface area (Å²) in [5.74, 6) is 1.05. The van der Waals surface area contributed by atoms with Crippen molar-refractivity contribution in [2.24, 2.45) is 5.10 Å². The molecule has 1 fully saturated rings. The first-order valence-corrected chi connectivity index (χ1v) is 11.4. The number of nitrogens with zero attached hydrogens (tertiary/aromatic N) is 3. The number of rotatable bonds is 5. The number of hydrogen-bond donors (Lipinski definition) is 1. The topological polar surface area (TPSA) is 96.5 Å². The van der Waals surface area contributed by atoms with Crippen LogP contribution in [0.2, 0.25) is 0 Å². The number of carbonyl (C=O) groups is 2. The monoisotopic (exact) mass is 476 g/mol. The van der Waals surface area contributed by atoms with Gasteiger partial charge in [-0.2, -0.15) is 5.10 Å². The number of nitrogens with one attached hydrogen (secondary N) is 1. The maximum atomic E-state index is 13.6. The van der Waals surface area contributed by atoms with Gasteiger partial charge >= 0.3 is 0 Å². The Morgan fingerprint density at radius 2 is 1.74 bits per heavy atom. The summed E-state index contributed by atoms with van der Waals surface area (Å²) in [5, 5.41) is 6.72. The number of H-pyrrole nitrogens is 1. The van der Waals surface area contributed by atoms with E-state index in [9.17, 15) is 9.59 Å². The van der Waals surface area contributed by atoms with Gasteiger partial charge in [-0.3, -0.25) is 9.59 Å². The van der Waals surface area contributed by atoms with Crippen LogP contribution >= 0.6 is 0 Å². The van der Waals surface area contributed by atoms with Gasteiger partial charge in [-0.25, -0.2) is 5.01 Å². The highest BCUT2D eigenvalue weighted by Gasteiger charge is 2.51. The van der Waals surface area contributed by atoms with E-state index in [1.807, 2.05) is 38.1 Å². The summed E-state index contributed by atoms with van der Waals surface area (Å²) in [6.07, 6.45) is 1.96. The largest absolute Gasteiger partial charge is 0.493 e. The van der Waals surface area contributed by atoms with Gasteiger partial charge in [0.1, 0.15) is 12.6 Å². The lowest BCUT2D eigenvalue weighted by molar-refractivity contribution is -0.163. The molecule has 0 aliphatic carbocycles. The Morgan fingerprint density at radius 3 is 2.40 bits per heavy atom. The molecule has 1 atom stereocenters. The molecule has 1 saturated heterocycles. The van der Waals surface area contributed by atoms with Crippen LogP contribution in [0.5, 0.6) is 17.2 Å². The zero-order chi connectivity index (χ0) is 24.9. The minimum Gasteiger partial charge on any atom is -0.493 e. The molecule has 2 aliphatic heterocycles. The quantitative estimate of drug-likeness (QED) is 0.571. The molecule has 0 unspecified atom stereocenters. The van der Waals surface area contributed by atoms with Crippen molar-refractivity contribution in [2.75, 3.05) is 27.9 Å². The summed E-state index contributed by atoms with van der Waals surface area (Å²) >= 11 is 0. The number of fused-ring (bicyclic) bond motifs is 4. The van der Waals surface area contributed by atoms with E-state index in [-0.39, 0.29) is 18.4 Å². The molecule has 182 valence electrons. The SMILES string of the molecule is COc1cc(/C=N/N2CC(=O)N3[C@@H](Cc4c([nH]c5ccccc45)C3(C)C)C2=O)cc(OC)c1OC. The van der Waals surface area contributed by atoms with E-state index in [4.69, 9.17) is 14.2 Å². The Bertz CT molecular complexity index is 1330. The van der Waals surface area contributed by atoms with Gasteiger partial charge in [-0.05, 0) is 37.6 Å². The summed E-state index contributed by atoms with van der Waals surface area (Å²) in [6, 6.07) is 10.9. The van der Waals surface area contributed by atoms with Crippen LogP contribution in [0.4, 0.5) is 0 Å². The second-order valence-corrected chi connectivity index (χ2v) is 9.17. The normalized spacial score (nSPS) is 19.2. The van der Waals surface area contributed by atoms with Crippen molar-refractivity contribution in [2.45, 2.75) is 31.8 Å². The molecule has 35 heavy (non-hydrogen) atoms. The van der Waals surface area contributed by atoms with Crippen molar-refractivity contribution < 1.29 is 23.8 Å². The van der Waals surface area contributed by atoms with Gasteiger partial charge in [0, 0.05) is 28.6 Å². The summed E-state index contributed by atoms with van der Waals surface area (Å²) < 4.78 is 16.1. The van der Waals surface area contributed by atoms with Crippen LogP contribution in [-0.4, -0.2) is 66.8 Å². The van der Waals surface area contributed by atoms with E-state index in [0.29, 0.717) is 29.2 Å². The predicted molar refractivity (Wildman–Crippen MR) is 131 cm³/mol. The van der Waals surface area contributed by atoms with Crippen LogP contribution in [0.3, 0.4) is 0 Å². The molecule has 1 N–H and O–H groups in total. The fourth-order valence-corrected chi connectivity index (χ4v) is 5.28. The lowest BCUT2D eigenvalue weighted by Crippen LogP contribution is -2.66. The number of aromatic amines is 1. The number of ether oxygens (including phenoxy) is 3. The number of aromatic nitrogens is 1. The predicted octanol–water partition coefficient (Wildman–Crippen LogP) is 3.06. The number of carbonyl (C=O) groups excluding carboxylic acids is 2. The number of benzene rings is 2. The van der Waals surface area contributed by atoms with Crippen LogP contribution in [0, 0.1) is 0 Å². The van der Waals surface area contributed by atoms with E-state index in [1.165, 1.54) is 32.6 Å². The maximum Gasteiger partial charge on any atom is 0.266 e. The molecular formula is C26H28N4O5. The second-order valence-electron chi connectivity index (χ2n) is 9.17. The third-order valence-electron chi connectivity index (χ3n) is 6.86. The van der Waals surface area contributed by atoms with Crippen LogP contribution < -0.4 is 14.2 Å². The van der Waals surface area contributed by atoms with Crippen LogP contribution in [-0.2, 0) is 21.5 Å². The first kappa shape index (κ1) is 22.8. The fourth-order valence-electron chi connectivity index (χ4n) is 5.28. The van der Waals surface area contributed by atoms with Crippen molar-refractivity contribution in [3.05, 3.63) is 53.2 Å². The van der Waals surface area contributed by atoms with Crippen molar-refractivity contribution >= 4 is 28.9 Å². The Morgan fingerprint density at radius 1 is 1.06 bits per heavy atom. The Hall–Kier alpha value is -4.01. The zero-order valence-electron chi connectivity index (χ0n) is 20.4. The number of amides is 2. The summed E-state index contributed by atoms with van der Waals surface area (Å²) in [5.41, 5.74) is 3.04. The number of para-hydroxylation sites is 1. The molecule has 0 spiro atoms. The van der Waals surface area contributed by atoms with Gasteiger partial charge in [0.2, 0.25) is 11.7 Å². The molecule has 0 saturated carbocycles. The highest BCUT2D eigenvalue weighted by Crippen LogP contribution is 2.43. The van der Waals surface area contributed by atoms with Crippen LogP contribution in [0.25, 0.3) is 10.9 Å². The zero-order valence-corrected chi connectivity index (χ0v) is 20.4. The fraction of sp³-hybridized carbons (Fsp3) is 0.346. The average Bonchev–Trinajstić information content (AvgIpc) is 3.24. The molecule has 2 aliphatic rings. The summed E-state index contributed by atoms with van der Waals surface area (Å²) in [4.78, 5) is 32.1. The van der Waals surface area contributed by atoms with E-state index in [0.717, 1.165) is 22.2 Å². The van der Waals surface area contributed by atoms with Crippen molar-refractivity contribution in [3.63, 3.8) is 0 Å². The Labute approximate surface area is 203 Å². The maximum absolute atomic E-state index is 13.6. The first-order valence-electron chi connectivity index (χ1n) is 11.4. The third-order valence-corrected chi connectivity index (χ3v) is 6.86. The molecule has 9 nitrogen and oxygen atoms in total. The number of hydrazone groups is 1. The van der Waals surface area contributed by atoms with Crippen LogP contribution in [0.15, 0.2) is 41.5 Å². The number of piperazine rings is 1. The molecule has 0 radical (unpaired) electrons. The van der Waals surface area contributed by atoms with Crippen molar-refractivity contribution in [1.29, 1.82) is 0 Å². The third kappa shape index (κ3) is 3.50. The van der Waals surface area contributed by atoms with Gasteiger partial charge in [0.25, 0.3) is 5.91 Å². The minimum atomic E-state index is -0.656. The summed E-state index contributed by atoms with van der Waals surface area (Å²) in [7, 11) is 4.59. The first-order chi connectivity index (χ1) is 16.8. The Kier molecular flexibility index (Phi) is 5.42. The van der Waals surface area contributed by atoms with Crippen molar-refractivity contribution in [3.8, 4) is 17.2 Å². The van der Waals surface area contributed by atoms with E-state index in [1.54, 1.807) is 17.0 Å². The standard InChI is InChI=1S/C26H28N4O5/c1-26(2)24-17(16-8-6-7-9-18(16)28-24)12-19-25(32)29(14-22(31)30(19)26)27-13-15-10-20(33-3)23(35-5)21(11-15)34-4/h6-11,13,19,28H,12,14H2,1-5H3/b27-13+/t19-/m0/s1. The number of hydrogen-bond acceptors (Lipinski definition) is 6. The van der Waals surface area contributed by atoms with Gasteiger partial charge in [-0.15, -0.1) is 0 Å². The van der Waals surface area contributed by atoms with Crippen LogP contribution in [0.1, 0.15) is 30.7 Å². The average molecular weight is 477 g/mol. The second kappa shape index (κ2) is 8.33. The molecule has 1 aromatic heterocycles. The summed E-state index contributed by atoms with van der Waals surface area (Å²) in [6.45, 7) is 3.83. The lowest BCUT2D eigenvalue weighted by atomic mass is 9.82. The van der Waals surface area contributed by atoms with Gasteiger partial charge in [-0.1, -0.05) is 18.2 Å². The van der Waals surface area contributed by atoms with Crippen molar-refractivity contribution in [1.82, 2.24) is 14.9 Å². The van der Waals surface area contributed by atoms with E-state index in [2.05, 4.69) is 10.1 Å². The molecule has 2 aromatic carbocycles. The minimum absolute atomic E-state index is 0.130. The molecule has 2 amide bonds. The van der Waals surface area contributed by atoms with E-state index < -0.39 is 11.6 Å². The molecule has 3 aromatic rings. The number of methoxy groups -OCH3 is 3. The highest BCUT2D eigenvalue weighted by atomic mass is 16.5. The molecule has 9 heteroatoms. The van der Waals surface area contributed by atoms with E-state index >= 15 is 0 Å². The molecular weight excluding hydrogens is 448 g/mol. The van der Waals surface area contributed by atoms with Gasteiger partial charge in [0.15, 0.2) is 11.5 Å². The van der Waals surface area contributed by atoms with Gasteiger partial charge in [0.05, 0.1) is 33.1 Å². The van der Waals surface area contributed by atoms with Gasteiger partial charge < -0.3 is 24.1 Å². The highest BCUT2D eigenvalue weighted by molar-refractivity contribution is 5.98. The smallest absolute Gasteiger partial charge is 0.266 e.